The minimum absolute atomic E-state index is 0.0116. The number of aryl methyl sites for hydroxylation is 1. The van der Waals surface area contributed by atoms with Gasteiger partial charge in [-0.25, -0.2) is 0 Å². The van der Waals surface area contributed by atoms with E-state index < -0.39 is 0 Å². The number of rotatable bonds is 2. The van der Waals surface area contributed by atoms with Gasteiger partial charge in [-0.05, 0) is 25.5 Å². The fraction of sp³-hybridized carbons (Fsp3) is 0.778. The van der Waals surface area contributed by atoms with Crippen LogP contribution in [-0.2, 0) is 7.05 Å². The Kier molecular flexibility index (Phi) is 2.53. The van der Waals surface area contributed by atoms with Crippen LogP contribution >= 0.6 is 11.8 Å². The zero-order valence-corrected chi connectivity index (χ0v) is 9.42. The van der Waals surface area contributed by atoms with Crippen LogP contribution in [0.2, 0.25) is 0 Å². The molecule has 2 atom stereocenters. The van der Waals surface area contributed by atoms with Gasteiger partial charge in [0, 0.05) is 11.8 Å². The van der Waals surface area contributed by atoms with E-state index in [1.807, 2.05) is 23.4 Å². The van der Waals surface area contributed by atoms with E-state index in [9.17, 15) is 0 Å². The minimum atomic E-state index is -0.0116. The largest absolute Gasteiger partial charge is 0.320 e. The molecule has 1 aliphatic heterocycles. The molecule has 1 aliphatic rings. The van der Waals surface area contributed by atoms with Crippen molar-refractivity contribution < 1.29 is 0 Å². The van der Waals surface area contributed by atoms with Gasteiger partial charge in [0.15, 0.2) is 5.82 Å². The van der Waals surface area contributed by atoms with Crippen molar-refractivity contribution >= 4 is 11.8 Å². The average Bonchev–Trinajstić information content (AvgIpc) is 2.74. The first kappa shape index (κ1) is 9.98. The third-order valence-electron chi connectivity index (χ3n) is 2.93. The first-order valence-corrected chi connectivity index (χ1v) is 5.85. The lowest BCUT2D eigenvalue weighted by molar-refractivity contribution is 0.470. The SMILES string of the molecule is Cn1cnnc1C(N)C1(C)CCCS1. The molecule has 2 heterocycles. The number of nitrogens with two attached hydrogens (primary N) is 1. The predicted octanol–water partition coefficient (Wildman–Crippen LogP) is 1.10. The summed E-state index contributed by atoms with van der Waals surface area (Å²) in [5.41, 5.74) is 6.24. The molecule has 1 aromatic rings. The third kappa shape index (κ3) is 1.54. The lowest BCUT2D eigenvalue weighted by Gasteiger charge is -2.29. The van der Waals surface area contributed by atoms with Gasteiger partial charge in [0.1, 0.15) is 6.33 Å². The van der Waals surface area contributed by atoms with E-state index in [1.165, 1.54) is 18.6 Å². The van der Waals surface area contributed by atoms with E-state index in [-0.39, 0.29) is 10.8 Å². The molecule has 2 unspecified atom stereocenters. The molecule has 0 saturated carbocycles. The summed E-state index contributed by atoms with van der Waals surface area (Å²) in [7, 11) is 1.94. The Bertz CT molecular complexity index is 316. The van der Waals surface area contributed by atoms with Gasteiger partial charge in [0.2, 0.25) is 0 Å². The van der Waals surface area contributed by atoms with Crippen LogP contribution in [0.1, 0.15) is 31.6 Å². The summed E-state index contributed by atoms with van der Waals surface area (Å²) < 4.78 is 2.05. The quantitative estimate of drug-likeness (QED) is 0.797. The molecule has 1 fully saturated rings. The smallest absolute Gasteiger partial charge is 0.150 e. The van der Waals surface area contributed by atoms with Gasteiger partial charge in [-0.15, -0.1) is 10.2 Å². The number of nitrogens with zero attached hydrogens (tertiary/aromatic N) is 3. The van der Waals surface area contributed by atoms with Crippen LogP contribution in [-0.4, -0.2) is 25.3 Å². The van der Waals surface area contributed by atoms with Crippen molar-refractivity contribution in [2.24, 2.45) is 12.8 Å². The second kappa shape index (κ2) is 3.55. The molecule has 0 aromatic carbocycles. The molecule has 5 heteroatoms. The number of aromatic nitrogens is 3. The molecule has 2 rings (SSSR count). The normalized spacial score (nSPS) is 29.4. The van der Waals surface area contributed by atoms with E-state index in [1.54, 1.807) is 6.33 Å². The van der Waals surface area contributed by atoms with E-state index in [4.69, 9.17) is 5.73 Å². The summed E-state index contributed by atoms with van der Waals surface area (Å²) in [6.45, 7) is 2.23. The minimum Gasteiger partial charge on any atom is -0.320 e. The third-order valence-corrected chi connectivity index (χ3v) is 4.54. The Hall–Kier alpha value is -0.550. The van der Waals surface area contributed by atoms with Crippen molar-refractivity contribution in [1.29, 1.82) is 0 Å². The molecule has 4 nitrogen and oxygen atoms in total. The van der Waals surface area contributed by atoms with Crippen LogP contribution in [0, 0.1) is 0 Å². The Morgan fingerprint density at radius 1 is 1.71 bits per heavy atom. The van der Waals surface area contributed by atoms with E-state index in [0.29, 0.717) is 0 Å². The zero-order chi connectivity index (χ0) is 10.2. The maximum absolute atomic E-state index is 6.24. The summed E-state index contributed by atoms with van der Waals surface area (Å²) in [5.74, 6) is 2.10. The van der Waals surface area contributed by atoms with Crippen molar-refractivity contribution in [3.8, 4) is 0 Å². The van der Waals surface area contributed by atoms with Gasteiger partial charge >= 0.3 is 0 Å². The molecule has 0 aliphatic carbocycles. The average molecular weight is 212 g/mol. The maximum atomic E-state index is 6.24. The van der Waals surface area contributed by atoms with Gasteiger partial charge < -0.3 is 10.3 Å². The standard InChI is InChI=1S/C9H16N4S/c1-9(4-3-5-14-9)7(10)8-12-11-6-13(8)2/h6-7H,3-5,10H2,1-2H3. The second-order valence-electron chi connectivity index (χ2n) is 4.04. The molecular weight excluding hydrogens is 196 g/mol. The maximum Gasteiger partial charge on any atom is 0.150 e. The molecule has 78 valence electrons. The highest BCUT2D eigenvalue weighted by Gasteiger charge is 2.38. The van der Waals surface area contributed by atoms with Crippen LogP contribution in [0.5, 0.6) is 0 Å². The molecule has 0 bridgehead atoms. The van der Waals surface area contributed by atoms with E-state index in [0.717, 1.165) is 5.82 Å². The van der Waals surface area contributed by atoms with Crippen molar-refractivity contribution in [3.05, 3.63) is 12.2 Å². The van der Waals surface area contributed by atoms with Gasteiger partial charge in [-0.1, -0.05) is 0 Å². The van der Waals surface area contributed by atoms with Crippen molar-refractivity contribution in [1.82, 2.24) is 14.8 Å². The van der Waals surface area contributed by atoms with Crippen molar-refractivity contribution in [3.63, 3.8) is 0 Å². The summed E-state index contributed by atoms with van der Waals surface area (Å²) in [6, 6.07) is -0.0116. The summed E-state index contributed by atoms with van der Waals surface area (Å²) in [5, 5.41) is 7.95. The highest BCUT2D eigenvalue weighted by molar-refractivity contribution is 8.00. The topological polar surface area (TPSA) is 56.7 Å². The highest BCUT2D eigenvalue weighted by Crippen LogP contribution is 2.44. The van der Waals surface area contributed by atoms with Crippen LogP contribution in [0.3, 0.4) is 0 Å². The monoisotopic (exact) mass is 212 g/mol. The lowest BCUT2D eigenvalue weighted by atomic mass is 9.96. The van der Waals surface area contributed by atoms with Gasteiger partial charge in [0.25, 0.3) is 0 Å². The predicted molar refractivity (Wildman–Crippen MR) is 58.0 cm³/mol. The molecule has 1 saturated heterocycles. The second-order valence-corrected chi connectivity index (χ2v) is 5.67. The number of hydrogen-bond donors (Lipinski definition) is 1. The molecule has 0 radical (unpaired) electrons. The lowest BCUT2D eigenvalue weighted by Crippen LogP contribution is -2.35. The number of thioether (sulfide) groups is 1. The van der Waals surface area contributed by atoms with Crippen LogP contribution in [0.15, 0.2) is 6.33 Å². The van der Waals surface area contributed by atoms with E-state index >= 15 is 0 Å². The molecule has 2 N–H and O–H groups in total. The van der Waals surface area contributed by atoms with Gasteiger partial charge in [0.05, 0.1) is 6.04 Å². The Morgan fingerprint density at radius 2 is 2.50 bits per heavy atom. The zero-order valence-electron chi connectivity index (χ0n) is 8.60. The first-order valence-electron chi connectivity index (χ1n) is 4.87. The van der Waals surface area contributed by atoms with Crippen molar-refractivity contribution in [2.45, 2.75) is 30.6 Å². The summed E-state index contributed by atoms with van der Waals surface area (Å²) in [6.07, 6.45) is 4.14. The van der Waals surface area contributed by atoms with Crippen LogP contribution in [0.4, 0.5) is 0 Å². The summed E-state index contributed by atoms with van der Waals surface area (Å²) in [4.78, 5) is 0. The molecule has 0 spiro atoms. The molecule has 14 heavy (non-hydrogen) atoms. The van der Waals surface area contributed by atoms with Crippen LogP contribution in [0.25, 0.3) is 0 Å². The van der Waals surface area contributed by atoms with Gasteiger partial charge in [-0.2, -0.15) is 11.8 Å². The Labute approximate surface area is 88.3 Å². The van der Waals surface area contributed by atoms with Crippen molar-refractivity contribution in [2.75, 3.05) is 5.75 Å². The highest BCUT2D eigenvalue weighted by atomic mass is 32.2. The molecule has 0 amide bonds. The fourth-order valence-corrected chi connectivity index (χ4v) is 3.22. The fourth-order valence-electron chi connectivity index (χ4n) is 1.89. The van der Waals surface area contributed by atoms with Crippen LogP contribution < -0.4 is 5.73 Å². The molecule has 1 aromatic heterocycles. The van der Waals surface area contributed by atoms with Gasteiger partial charge in [-0.3, -0.25) is 0 Å². The molecular formula is C9H16N4S. The van der Waals surface area contributed by atoms with E-state index in [2.05, 4.69) is 17.1 Å². The Morgan fingerprint density at radius 3 is 3.00 bits per heavy atom. The summed E-state index contributed by atoms with van der Waals surface area (Å²) >= 11 is 1.95. The number of hydrogen-bond acceptors (Lipinski definition) is 4. The Balaban J connectivity index is 2.23. The first-order chi connectivity index (χ1) is 6.63.